The maximum absolute atomic E-state index is 12.6. The molecule has 1 saturated heterocycles. The predicted molar refractivity (Wildman–Crippen MR) is 126 cm³/mol. The predicted octanol–water partition coefficient (Wildman–Crippen LogP) is 2.66. The average Bonchev–Trinajstić information content (AvgIpc) is 3.20. The van der Waals surface area contributed by atoms with Gasteiger partial charge in [-0.3, -0.25) is 9.40 Å². The quantitative estimate of drug-likeness (QED) is 0.599. The fraction of sp³-hybridized carbons (Fsp3) is 0.682. The second-order valence-corrected chi connectivity index (χ2v) is 9.08. The highest BCUT2D eigenvalue weighted by molar-refractivity contribution is 5.85. The van der Waals surface area contributed by atoms with Crippen molar-refractivity contribution in [2.24, 2.45) is 0 Å². The van der Waals surface area contributed by atoms with Gasteiger partial charge in [0.25, 0.3) is 0 Å². The molecular weight excluding hydrogens is 443 g/mol. The zero-order chi connectivity index (χ0) is 25.3. The normalized spacial score (nSPS) is 14.3. The van der Waals surface area contributed by atoms with Crippen LogP contribution in [0.4, 0.5) is 15.0 Å². The van der Waals surface area contributed by atoms with Crippen molar-refractivity contribution in [1.29, 1.82) is 5.26 Å². The number of imidazole rings is 1. The smallest absolute Gasteiger partial charge is 0.426 e. The molecule has 1 fully saturated rings. The number of nitrogens with zero attached hydrogens (tertiary/aromatic N) is 7. The molecule has 0 aliphatic carbocycles. The van der Waals surface area contributed by atoms with E-state index < -0.39 is 11.7 Å². The third kappa shape index (κ3) is 7.50. The number of rotatable bonds is 7. The Morgan fingerprint density at radius 1 is 1.32 bits per heavy atom. The number of nitriles is 1. The zero-order valence-corrected chi connectivity index (χ0v) is 20.8. The molecule has 1 aliphatic rings. The molecule has 0 bridgehead atoms. The number of alkyl halides is 1. The summed E-state index contributed by atoms with van der Waals surface area (Å²) in [7, 11) is 4.54. The zero-order valence-electron chi connectivity index (χ0n) is 20.8. The monoisotopic (exact) mass is 478 g/mol. The second kappa shape index (κ2) is 12.4. The minimum Gasteiger partial charge on any atom is -0.443 e. The van der Waals surface area contributed by atoms with Crippen LogP contribution in [0.3, 0.4) is 0 Å². The van der Waals surface area contributed by atoms with Gasteiger partial charge < -0.3 is 18.9 Å². The lowest BCUT2D eigenvalue weighted by atomic mass is 10.1. The van der Waals surface area contributed by atoms with Gasteiger partial charge in [-0.05, 0) is 60.7 Å². The third-order valence-electron chi connectivity index (χ3n) is 4.94. The van der Waals surface area contributed by atoms with E-state index in [4.69, 9.17) is 9.47 Å². The van der Waals surface area contributed by atoms with Crippen LogP contribution >= 0.6 is 0 Å². The number of anilines is 1. The molecule has 34 heavy (non-hydrogen) atoms. The van der Waals surface area contributed by atoms with E-state index in [1.54, 1.807) is 32.1 Å². The number of nitrogens with one attached hydrogen (secondary N) is 1. The van der Waals surface area contributed by atoms with Crippen LogP contribution in [-0.2, 0) is 16.0 Å². The first kappa shape index (κ1) is 27.2. The van der Waals surface area contributed by atoms with Crippen molar-refractivity contribution in [1.82, 2.24) is 29.8 Å². The maximum atomic E-state index is 12.6. The van der Waals surface area contributed by atoms with Crippen LogP contribution in [0.15, 0.2) is 6.33 Å². The molecule has 1 aliphatic heterocycles. The molecule has 11 nitrogen and oxygen atoms in total. The Labute approximate surface area is 199 Å². The fourth-order valence-electron chi connectivity index (χ4n) is 3.53. The van der Waals surface area contributed by atoms with Gasteiger partial charge >= 0.3 is 6.09 Å². The largest absolute Gasteiger partial charge is 0.443 e. The Hall–Kier alpha value is -3.04. The van der Waals surface area contributed by atoms with Crippen LogP contribution in [0.2, 0.25) is 0 Å². The molecule has 1 amide bonds. The number of hydrogen-bond donors (Lipinski definition) is 1. The molecule has 3 heterocycles. The van der Waals surface area contributed by atoms with Crippen molar-refractivity contribution in [3.63, 3.8) is 0 Å². The van der Waals surface area contributed by atoms with E-state index in [-0.39, 0.29) is 11.9 Å². The molecule has 1 N–H and O–H groups in total. The molecule has 3 rings (SSSR count). The van der Waals surface area contributed by atoms with Crippen molar-refractivity contribution in [3.05, 3.63) is 12.2 Å². The van der Waals surface area contributed by atoms with E-state index in [1.165, 1.54) is 0 Å². The molecule has 0 unspecified atom stereocenters. The fourth-order valence-corrected chi connectivity index (χ4v) is 3.53. The van der Waals surface area contributed by atoms with E-state index in [0.29, 0.717) is 56.8 Å². The number of hydrogen-bond acceptors (Lipinski definition) is 9. The summed E-state index contributed by atoms with van der Waals surface area (Å²) < 4.78 is 22.4. The van der Waals surface area contributed by atoms with Crippen molar-refractivity contribution in [3.8, 4) is 6.07 Å². The number of amides is 1. The summed E-state index contributed by atoms with van der Waals surface area (Å²) in [6.07, 6.45) is 3.38. The number of fused-ring (bicyclic) bond motifs is 1. The van der Waals surface area contributed by atoms with Gasteiger partial charge in [-0.2, -0.15) is 15.2 Å². The Balaban J connectivity index is 0.00000199. The Morgan fingerprint density at radius 2 is 2.00 bits per heavy atom. The third-order valence-corrected chi connectivity index (χ3v) is 4.94. The minimum atomic E-state index is -0.655. The molecular formula is C22H35FN8O3. The second-order valence-electron chi connectivity index (χ2n) is 9.08. The van der Waals surface area contributed by atoms with E-state index in [9.17, 15) is 14.4 Å². The molecule has 0 saturated carbocycles. The van der Waals surface area contributed by atoms with Crippen molar-refractivity contribution >= 4 is 23.1 Å². The molecule has 0 radical (unpaired) electrons. The molecule has 2 aromatic heterocycles. The summed E-state index contributed by atoms with van der Waals surface area (Å²) in [4.78, 5) is 28.1. The number of halogens is 1. The van der Waals surface area contributed by atoms with Crippen molar-refractivity contribution in [2.75, 3.05) is 46.0 Å². The van der Waals surface area contributed by atoms with Crippen LogP contribution in [0, 0.1) is 11.3 Å². The van der Waals surface area contributed by atoms with Gasteiger partial charge in [0.2, 0.25) is 5.82 Å². The molecule has 0 atom stereocenters. The lowest BCUT2D eigenvalue weighted by Gasteiger charge is -2.35. The number of carbonyl (C=O) groups excluding carboxylic acids is 1. The van der Waals surface area contributed by atoms with Crippen LogP contribution < -0.4 is 10.4 Å². The van der Waals surface area contributed by atoms with Crippen molar-refractivity contribution in [2.45, 2.75) is 58.2 Å². The van der Waals surface area contributed by atoms with Gasteiger partial charge in [0.05, 0.1) is 19.5 Å². The minimum absolute atomic E-state index is 0.0184. The van der Waals surface area contributed by atoms with Crippen molar-refractivity contribution < 1.29 is 18.7 Å². The first-order valence-corrected chi connectivity index (χ1v) is 11.2. The SMILES string of the molecule is CF.CN(C)CCCn1cnc2c(N(NC(=O)OC(C)(C)C)C3CCOCC3)nc(C#N)nc21. The van der Waals surface area contributed by atoms with Crippen LogP contribution in [-0.4, -0.2) is 83.2 Å². The lowest BCUT2D eigenvalue weighted by Crippen LogP contribution is -2.52. The molecule has 2 aromatic rings. The van der Waals surface area contributed by atoms with Gasteiger partial charge in [-0.15, -0.1) is 0 Å². The maximum Gasteiger partial charge on any atom is 0.426 e. The van der Waals surface area contributed by atoms with Crippen LogP contribution in [0.1, 0.15) is 45.9 Å². The van der Waals surface area contributed by atoms with E-state index in [2.05, 4.69) is 25.3 Å². The first-order chi connectivity index (χ1) is 16.2. The Bertz CT molecular complexity index is 977. The lowest BCUT2D eigenvalue weighted by molar-refractivity contribution is 0.0477. The summed E-state index contributed by atoms with van der Waals surface area (Å²) in [6, 6.07) is 1.95. The van der Waals surface area contributed by atoms with Gasteiger partial charge in [0.1, 0.15) is 11.7 Å². The standard InChI is InChI=1S/C21H32N8O3.CH3F/c1-21(2,3)32-20(30)26-29(15-7-11-31-12-8-15)19-17-18(24-16(13-22)25-19)28(14-23-17)10-6-9-27(4)5;1-2/h14-15H,6-12H2,1-5H3,(H,26,30);1H3. The Kier molecular flexibility index (Phi) is 9.95. The number of carbonyl (C=O) groups is 1. The average molecular weight is 479 g/mol. The molecule has 0 spiro atoms. The number of hydrazine groups is 1. The van der Waals surface area contributed by atoms with E-state index in [0.717, 1.165) is 13.0 Å². The van der Waals surface area contributed by atoms with E-state index in [1.807, 2.05) is 24.7 Å². The number of aromatic nitrogens is 4. The highest BCUT2D eigenvalue weighted by Gasteiger charge is 2.30. The summed E-state index contributed by atoms with van der Waals surface area (Å²) in [5, 5.41) is 11.2. The van der Waals surface area contributed by atoms with Gasteiger partial charge in [-0.1, -0.05) is 0 Å². The summed E-state index contributed by atoms with van der Waals surface area (Å²) >= 11 is 0. The summed E-state index contributed by atoms with van der Waals surface area (Å²) in [5.41, 5.74) is 3.26. The number of ether oxygens (including phenoxy) is 2. The Morgan fingerprint density at radius 3 is 2.59 bits per heavy atom. The van der Waals surface area contributed by atoms with Crippen LogP contribution in [0.5, 0.6) is 0 Å². The van der Waals surface area contributed by atoms with Crippen LogP contribution in [0.25, 0.3) is 11.2 Å². The highest BCUT2D eigenvalue weighted by Crippen LogP contribution is 2.27. The molecule has 188 valence electrons. The van der Waals surface area contributed by atoms with Gasteiger partial charge in [0, 0.05) is 19.8 Å². The summed E-state index contributed by atoms with van der Waals surface area (Å²) in [6.45, 7) is 8.15. The summed E-state index contributed by atoms with van der Waals surface area (Å²) in [5.74, 6) is 0.403. The molecule has 0 aromatic carbocycles. The van der Waals surface area contributed by atoms with E-state index >= 15 is 0 Å². The number of aryl methyl sites for hydroxylation is 1. The topological polar surface area (TPSA) is 121 Å². The molecule has 12 heteroatoms. The first-order valence-electron chi connectivity index (χ1n) is 11.2. The highest BCUT2D eigenvalue weighted by atomic mass is 19.1. The van der Waals surface area contributed by atoms with Gasteiger partial charge in [-0.25, -0.2) is 15.2 Å². The van der Waals surface area contributed by atoms with Gasteiger partial charge in [0.15, 0.2) is 17.0 Å².